The zero-order valence-electron chi connectivity index (χ0n) is 18.9. The van der Waals surface area contributed by atoms with Crippen LogP contribution in [0.4, 0.5) is 5.82 Å². The molecule has 1 fully saturated rings. The van der Waals surface area contributed by atoms with Crippen molar-refractivity contribution < 1.29 is 14.1 Å². The highest BCUT2D eigenvalue weighted by atomic mass is 16.5. The Labute approximate surface area is 182 Å². The smallest absolute Gasteiger partial charge is 0.259 e. The quantitative estimate of drug-likeness (QED) is 0.801. The number of nitrogens with one attached hydrogen (secondary N) is 1. The lowest BCUT2D eigenvalue weighted by Crippen LogP contribution is -2.35. The number of carbonyl (C=O) groups is 2. The highest BCUT2D eigenvalue weighted by Crippen LogP contribution is 2.32. The summed E-state index contributed by atoms with van der Waals surface area (Å²) in [7, 11) is 1.86. The highest BCUT2D eigenvalue weighted by molar-refractivity contribution is 5.96. The lowest BCUT2D eigenvalue weighted by Gasteiger charge is -2.29. The third-order valence-corrected chi connectivity index (χ3v) is 6.26. The summed E-state index contributed by atoms with van der Waals surface area (Å²) in [6, 6.07) is 0. The summed E-state index contributed by atoms with van der Waals surface area (Å²) in [4.78, 5) is 38.4. The van der Waals surface area contributed by atoms with E-state index in [4.69, 9.17) is 14.5 Å². The first-order chi connectivity index (χ1) is 14.8. The molecule has 2 aliphatic rings. The maximum absolute atomic E-state index is 13.2. The van der Waals surface area contributed by atoms with Crippen LogP contribution in [-0.2, 0) is 17.8 Å². The van der Waals surface area contributed by atoms with E-state index in [1.165, 1.54) is 0 Å². The molecule has 2 aromatic heterocycles. The maximum Gasteiger partial charge on any atom is 0.259 e. The maximum atomic E-state index is 13.2. The summed E-state index contributed by atoms with van der Waals surface area (Å²) in [5.41, 5.74) is 3.27. The predicted molar refractivity (Wildman–Crippen MR) is 115 cm³/mol. The lowest BCUT2D eigenvalue weighted by molar-refractivity contribution is -0.129. The number of rotatable bonds is 4. The van der Waals surface area contributed by atoms with Crippen LogP contribution in [0.2, 0.25) is 0 Å². The van der Waals surface area contributed by atoms with Crippen LogP contribution in [0.3, 0.4) is 0 Å². The van der Waals surface area contributed by atoms with Gasteiger partial charge in [-0.05, 0) is 25.7 Å². The van der Waals surface area contributed by atoms with Gasteiger partial charge in [-0.3, -0.25) is 9.59 Å². The molecule has 0 saturated carbocycles. The van der Waals surface area contributed by atoms with Gasteiger partial charge in [0.1, 0.15) is 23.0 Å². The van der Waals surface area contributed by atoms with Crippen molar-refractivity contribution in [2.24, 2.45) is 0 Å². The monoisotopic (exact) mass is 426 g/mol. The molecule has 4 heterocycles. The fraction of sp³-hybridized carbons (Fsp3) is 0.591. The van der Waals surface area contributed by atoms with Gasteiger partial charge in [0.25, 0.3) is 5.91 Å². The minimum absolute atomic E-state index is 0.0421. The Kier molecular flexibility index (Phi) is 5.68. The van der Waals surface area contributed by atoms with Crippen molar-refractivity contribution in [3.8, 4) is 0 Å². The number of anilines is 1. The Balaban J connectivity index is 1.57. The van der Waals surface area contributed by atoms with Gasteiger partial charge in [-0.25, -0.2) is 9.97 Å². The molecule has 9 nitrogen and oxygen atoms in total. The molecule has 2 aromatic rings. The number of fused-ring (bicyclic) bond motifs is 1. The van der Waals surface area contributed by atoms with Gasteiger partial charge in [0, 0.05) is 45.1 Å². The van der Waals surface area contributed by atoms with Crippen LogP contribution in [0.15, 0.2) is 4.52 Å². The highest BCUT2D eigenvalue weighted by Gasteiger charge is 2.34. The van der Waals surface area contributed by atoms with Crippen LogP contribution < -0.4 is 5.32 Å². The van der Waals surface area contributed by atoms with Crippen molar-refractivity contribution in [3.05, 3.63) is 34.1 Å². The van der Waals surface area contributed by atoms with Crippen LogP contribution >= 0.6 is 0 Å². The van der Waals surface area contributed by atoms with Crippen molar-refractivity contribution in [2.75, 3.05) is 32.0 Å². The van der Waals surface area contributed by atoms with Crippen LogP contribution in [-0.4, -0.2) is 63.4 Å². The number of nitrogens with zero attached hydrogens (tertiary/aromatic N) is 5. The lowest BCUT2D eigenvalue weighted by atomic mass is 10.0. The van der Waals surface area contributed by atoms with Crippen LogP contribution in [0.25, 0.3) is 0 Å². The van der Waals surface area contributed by atoms with Crippen molar-refractivity contribution >= 4 is 17.6 Å². The molecule has 0 unspecified atom stereocenters. The SMILES string of the molecule is CNc1nc([C@H]2CCN(C(=O)c3c(C(C)C)noc3C)C2)nc2c1CCN(C(C)=O)C2. The van der Waals surface area contributed by atoms with E-state index in [2.05, 4.69) is 10.5 Å². The number of aryl methyl sites for hydroxylation is 1. The second-order valence-electron chi connectivity index (χ2n) is 8.69. The Bertz CT molecular complexity index is 1010. The Hall–Kier alpha value is -2.97. The fourth-order valence-corrected chi connectivity index (χ4v) is 4.46. The first-order valence-electron chi connectivity index (χ1n) is 10.9. The van der Waals surface area contributed by atoms with E-state index in [1.54, 1.807) is 13.8 Å². The largest absolute Gasteiger partial charge is 0.373 e. The summed E-state index contributed by atoms with van der Waals surface area (Å²) in [6.45, 7) is 9.76. The zero-order chi connectivity index (χ0) is 22.3. The van der Waals surface area contributed by atoms with Gasteiger partial charge in [-0.15, -0.1) is 0 Å². The molecule has 0 aromatic carbocycles. The number of hydrogen-bond donors (Lipinski definition) is 1. The normalized spacial score (nSPS) is 18.5. The van der Waals surface area contributed by atoms with Gasteiger partial charge in [-0.1, -0.05) is 19.0 Å². The number of hydrogen-bond acceptors (Lipinski definition) is 7. The molecule has 1 saturated heterocycles. The second-order valence-corrected chi connectivity index (χ2v) is 8.69. The summed E-state index contributed by atoms with van der Waals surface area (Å²) in [5, 5.41) is 7.28. The number of likely N-dealkylation sites (tertiary alicyclic amines) is 1. The van der Waals surface area contributed by atoms with Crippen molar-refractivity contribution in [3.63, 3.8) is 0 Å². The van der Waals surface area contributed by atoms with Crippen LogP contribution in [0.5, 0.6) is 0 Å². The summed E-state index contributed by atoms with van der Waals surface area (Å²) < 4.78 is 5.31. The third-order valence-electron chi connectivity index (χ3n) is 6.26. The average Bonchev–Trinajstić information content (AvgIpc) is 3.39. The van der Waals surface area contributed by atoms with E-state index in [9.17, 15) is 9.59 Å². The summed E-state index contributed by atoms with van der Waals surface area (Å²) >= 11 is 0. The molecular formula is C22H30N6O3. The van der Waals surface area contributed by atoms with Gasteiger partial charge in [0.05, 0.1) is 17.9 Å². The van der Waals surface area contributed by atoms with E-state index < -0.39 is 0 Å². The third kappa shape index (κ3) is 3.88. The van der Waals surface area contributed by atoms with E-state index in [0.717, 1.165) is 35.7 Å². The minimum atomic E-state index is -0.0421. The number of aromatic nitrogens is 3. The zero-order valence-corrected chi connectivity index (χ0v) is 18.9. The average molecular weight is 427 g/mol. The first-order valence-corrected chi connectivity index (χ1v) is 10.9. The van der Waals surface area contributed by atoms with Gasteiger partial charge in [-0.2, -0.15) is 0 Å². The van der Waals surface area contributed by atoms with Gasteiger partial charge < -0.3 is 19.6 Å². The molecule has 31 heavy (non-hydrogen) atoms. The Morgan fingerprint density at radius 3 is 2.65 bits per heavy atom. The molecule has 2 amide bonds. The first kappa shape index (κ1) is 21.3. The number of carbonyl (C=O) groups excluding carboxylic acids is 2. The van der Waals surface area contributed by atoms with Gasteiger partial charge in [0.15, 0.2) is 0 Å². The Morgan fingerprint density at radius 2 is 1.97 bits per heavy atom. The van der Waals surface area contributed by atoms with Crippen LogP contribution in [0.1, 0.15) is 77.9 Å². The molecule has 1 atom stereocenters. The molecule has 0 bridgehead atoms. The summed E-state index contributed by atoms with van der Waals surface area (Å²) in [5.74, 6) is 2.29. The van der Waals surface area contributed by atoms with Gasteiger partial charge >= 0.3 is 0 Å². The summed E-state index contributed by atoms with van der Waals surface area (Å²) in [6.07, 6.45) is 1.54. The molecule has 0 spiro atoms. The van der Waals surface area contributed by atoms with Gasteiger partial charge in [0.2, 0.25) is 5.91 Å². The molecule has 2 aliphatic heterocycles. The Morgan fingerprint density at radius 1 is 1.19 bits per heavy atom. The minimum Gasteiger partial charge on any atom is -0.373 e. The predicted octanol–water partition coefficient (Wildman–Crippen LogP) is 2.47. The molecular weight excluding hydrogens is 396 g/mol. The molecule has 166 valence electrons. The van der Waals surface area contributed by atoms with E-state index in [-0.39, 0.29) is 23.7 Å². The fourth-order valence-electron chi connectivity index (χ4n) is 4.46. The van der Waals surface area contributed by atoms with E-state index >= 15 is 0 Å². The van der Waals surface area contributed by atoms with E-state index in [1.807, 2.05) is 30.7 Å². The standard InChI is InChI=1S/C22H30N6O3/c1-12(2)19-18(13(3)31-26-19)22(30)28-8-6-15(10-28)20-24-17-11-27(14(4)29)9-7-16(17)21(23-5)25-20/h12,15H,6-11H2,1-5H3,(H,23,24,25)/t15-/m0/s1. The molecule has 0 aliphatic carbocycles. The molecule has 0 radical (unpaired) electrons. The van der Waals surface area contributed by atoms with Crippen LogP contribution in [0, 0.1) is 6.92 Å². The molecule has 1 N–H and O–H groups in total. The van der Waals surface area contributed by atoms with Crippen molar-refractivity contribution in [1.82, 2.24) is 24.9 Å². The number of amides is 2. The molecule has 4 rings (SSSR count). The van der Waals surface area contributed by atoms with Crippen molar-refractivity contribution in [2.45, 2.75) is 58.9 Å². The van der Waals surface area contributed by atoms with E-state index in [0.29, 0.717) is 43.2 Å². The topological polar surface area (TPSA) is 104 Å². The van der Waals surface area contributed by atoms with Crippen molar-refractivity contribution in [1.29, 1.82) is 0 Å². The molecule has 9 heteroatoms. The second kappa shape index (κ2) is 8.28.